The highest BCUT2D eigenvalue weighted by Crippen LogP contribution is 2.54. The van der Waals surface area contributed by atoms with Crippen molar-refractivity contribution in [1.82, 2.24) is 9.80 Å². The number of carbonyl (C=O) groups is 2. The number of likely N-dealkylation sites (tertiary alicyclic amines) is 1. The van der Waals surface area contributed by atoms with E-state index in [0.29, 0.717) is 22.9 Å². The Kier molecular flexibility index (Phi) is 10.4. The highest BCUT2D eigenvalue weighted by molar-refractivity contribution is 6.34. The average Bonchev–Trinajstić information content (AvgIpc) is 3.54. The fourth-order valence-electron chi connectivity index (χ4n) is 4.84. The molecule has 0 aromatic heterocycles. The van der Waals surface area contributed by atoms with Crippen LogP contribution in [0.5, 0.6) is 5.75 Å². The lowest BCUT2D eigenvalue weighted by molar-refractivity contribution is -0.139. The number of ether oxygens (including phenoxy) is 1. The molecule has 1 saturated heterocycles. The van der Waals surface area contributed by atoms with E-state index in [4.69, 9.17) is 16.3 Å². The van der Waals surface area contributed by atoms with Crippen LogP contribution in [-0.4, -0.2) is 55.4 Å². The van der Waals surface area contributed by atoms with Gasteiger partial charge in [-0.05, 0) is 64.3 Å². The first-order valence-corrected chi connectivity index (χ1v) is 13.4. The lowest BCUT2D eigenvalue weighted by Crippen LogP contribution is -2.46. The second kappa shape index (κ2) is 12.6. The minimum atomic E-state index is -0.520. The molecule has 6 heteroatoms. The van der Waals surface area contributed by atoms with Crippen LogP contribution in [0, 0.1) is 10.8 Å². The Balaban J connectivity index is 0.00000222. The molecule has 1 aliphatic carbocycles. The molecule has 0 N–H and O–H groups in total. The van der Waals surface area contributed by atoms with Gasteiger partial charge in [0.2, 0.25) is 5.91 Å². The summed E-state index contributed by atoms with van der Waals surface area (Å²) in [6, 6.07) is 5.20. The SMILES string of the molecule is C/C=C\C(=C/C)C(C)(C)C(=O)N1CCC2(C=C2CCOc2ccc(C(=O)N(C)C)c(Cl)c2)CC1.CC. The molecule has 0 atom stereocenters. The fraction of sp³-hybridized carbons (Fsp3) is 0.533. The Morgan fingerprint density at radius 1 is 1.17 bits per heavy atom. The maximum absolute atomic E-state index is 13.2. The fourth-order valence-corrected chi connectivity index (χ4v) is 5.09. The third-order valence-corrected chi connectivity index (χ3v) is 7.39. The molecule has 0 radical (unpaired) electrons. The van der Waals surface area contributed by atoms with Gasteiger partial charge < -0.3 is 14.5 Å². The van der Waals surface area contributed by atoms with E-state index in [1.807, 2.05) is 64.7 Å². The lowest BCUT2D eigenvalue weighted by Gasteiger charge is -2.38. The van der Waals surface area contributed by atoms with Crippen molar-refractivity contribution in [2.45, 2.75) is 60.8 Å². The van der Waals surface area contributed by atoms with Crippen LogP contribution in [0.4, 0.5) is 0 Å². The molecule has 1 aliphatic heterocycles. The van der Waals surface area contributed by atoms with E-state index in [1.165, 1.54) is 10.5 Å². The van der Waals surface area contributed by atoms with Crippen molar-refractivity contribution >= 4 is 23.4 Å². The number of hydrogen-bond donors (Lipinski definition) is 0. The average molecular weight is 515 g/mol. The van der Waals surface area contributed by atoms with E-state index in [2.05, 4.69) is 6.08 Å². The summed E-state index contributed by atoms with van der Waals surface area (Å²) in [7, 11) is 3.40. The summed E-state index contributed by atoms with van der Waals surface area (Å²) in [6.45, 7) is 14.1. The largest absolute Gasteiger partial charge is 0.493 e. The molecule has 198 valence electrons. The number of rotatable bonds is 8. The molecule has 0 saturated carbocycles. The summed E-state index contributed by atoms with van der Waals surface area (Å²) in [5.41, 5.74) is 2.60. The Hall–Kier alpha value is -2.53. The minimum Gasteiger partial charge on any atom is -0.493 e. The zero-order valence-corrected chi connectivity index (χ0v) is 24.0. The minimum absolute atomic E-state index is 0.126. The molecule has 1 aromatic carbocycles. The van der Waals surface area contributed by atoms with Crippen molar-refractivity contribution in [3.05, 3.63) is 64.2 Å². The van der Waals surface area contributed by atoms with Gasteiger partial charge in [-0.3, -0.25) is 9.59 Å². The number of piperidine rings is 1. The third kappa shape index (κ3) is 6.61. The van der Waals surface area contributed by atoms with Gasteiger partial charge in [-0.15, -0.1) is 0 Å². The predicted molar refractivity (Wildman–Crippen MR) is 150 cm³/mol. The van der Waals surface area contributed by atoms with Crippen LogP contribution >= 0.6 is 11.6 Å². The first-order chi connectivity index (χ1) is 17.1. The summed E-state index contributed by atoms with van der Waals surface area (Å²) in [6.07, 6.45) is 11.2. The van der Waals surface area contributed by atoms with E-state index >= 15 is 0 Å². The smallest absolute Gasteiger partial charge is 0.254 e. The zero-order chi connectivity index (χ0) is 27.1. The highest BCUT2D eigenvalue weighted by atomic mass is 35.5. The van der Waals surface area contributed by atoms with Crippen molar-refractivity contribution in [3.8, 4) is 5.75 Å². The molecule has 0 unspecified atom stereocenters. The molecule has 3 rings (SSSR count). The number of nitrogens with zero attached hydrogens (tertiary/aromatic N) is 2. The van der Waals surface area contributed by atoms with Crippen molar-refractivity contribution < 1.29 is 14.3 Å². The summed E-state index contributed by atoms with van der Waals surface area (Å²) < 4.78 is 5.91. The number of halogens is 1. The Labute approximate surface area is 222 Å². The summed E-state index contributed by atoms with van der Waals surface area (Å²) >= 11 is 6.28. The van der Waals surface area contributed by atoms with Gasteiger partial charge in [-0.25, -0.2) is 0 Å². The van der Waals surface area contributed by atoms with Crippen LogP contribution in [0.15, 0.2) is 53.6 Å². The van der Waals surface area contributed by atoms with Gasteiger partial charge >= 0.3 is 0 Å². The molecule has 2 aliphatic rings. The second-order valence-electron chi connectivity index (χ2n) is 9.93. The van der Waals surface area contributed by atoms with Gasteiger partial charge in [0.15, 0.2) is 0 Å². The van der Waals surface area contributed by atoms with E-state index in [1.54, 1.807) is 32.3 Å². The first-order valence-electron chi connectivity index (χ1n) is 13.0. The standard InChI is InChI=1S/C28H37ClN2O3.C2H6/c1-7-9-20(8-2)27(3,4)26(33)31-15-13-28(14-16-31)19-21(28)12-17-34-22-10-11-23(24(29)18-22)25(32)30(5)6;1-2/h7-11,18-19H,12-17H2,1-6H3;1-2H3/b9-7-,20-8+;. The van der Waals surface area contributed by atoms with Gasteiger partial charge in [0.05, 0.1) is 22.6 Å². The number of hydrogen-bond acceptors (Lipinski definition) is 3. The Morgan fingerprint density at radius 3 is 2.33 bits per heavy atom. The van der Waals surface area contributed by atoms with Crippen LogP contribution in [0.2, 0.25) is 5.02 Å². The zero-order valence-electron chi connectivity index (χ0n) is 23.3. The van der Waals surface area contributed by atoms with Gasteiger partial charge in [-0.2, -0.15) is 0 Å². The van der Waals surface area contributed by atoms with Crippen LogP contribution in [-0.2, 0) is 4.79 Å². The number of benzene rings is 1. The van der Waals surface area contributed by atoms with Gasteiger partial charge in [0, 0.05) is 39.0 Å². The third-order valence-electron chi connectivity index (χ3n) is 7.08. The topological polar surface area (TPSA) is 49.9 Å². The van der Waals surface area contributed by atoms with Crippen molar-refractivity contribution in [1.29, 1.82) is 0 Å². The molecule has 1 aromatic rings. The predicted octanol–water partition coefficient (Wildman–Crippen LogP) is 6.93. The summed E-state index contributed by atoms with van der Waals surface area (Å²) in [5, 5.41) is 0.397. The van der Waals surface area contributed by atoms with Crippen molar-refractivity contribution in [2.24, 2.45) is 10.8 Å². The first kappa shape index (κ1) is 29.7. The van der Waals surface area contributed by atoms with Gasteiger partial charge in [0.1, 0.15) is 5.75 Å². The maximum Gasteiger partial charge on any atom is 0.254 e. The van der Waals surface area contributed by atoms with Crippen LogP contribution in [0.3, 0.4) is 0 Å². The van der Waals surface area contributed by atoms with E-state index < -0.39 is 5.41 Å². The van der Waals surface area contributed by atoms with Crippen LogP contribution in [0.1, 0.15) is 71.2 Å². The number of amides is 2. The molecule has 1 spiro atoms. The molecule has 5 nitrogen and oxygen atoms in total. The normalized spacial score (nSPS) is 16.9. The van der Waals surface area contributed by atoms with Crippen molar-refractivity contribution in [2.75, 3.05) is 33.8 Å². The molecule has 1 fully saturated rings. The summed E-state index contributed by atoms with van der Waals surface area (Å²) in [5.74, 6) is 0.741. The quantitative estimate of drug-likeness (QED) is 0.279. The Morgan fingerprint density at radius 2 is 1.81 bits per heavy atom. The molecule has 36 heavy (non-hydrogen) atoms. The summed E-state index contributed by atoms with van der Waals surface area (Å²) in [4.78, 5) is 28.9. The molecule has 1 heterocycles. The maximum atomic E-state index is 13.2. The highest BCUT2D eigenvalue weighted by Gasteiger charge is 2.47. The Bertz CT molecular complexity index is 1030. The second-order valence-corrected chi connectivity index (χ2v) is 10.3. The van der Waals surface area contributed by atoms with Crippen molar-refractivity contribution in [3.63, 3.8) is 0 Å². The lowest BCUT2D eigenvalue weighted by atomic mass is 9.80. The molecular weight excluding hydrogens is 472 g/mol. The molecule has 0 bridgehead atoms. The number of allylic oxidation sites excluding steroid dienone is 4. The van der Waals surface area contributed by atoms with E-state index in [0.717, 1.165) is 37.9 Å². The monoisotopic (exact) mass is 514 g/mol. The van der Waals surface area contributed by atoms with Crippen LogP contribution in [0.25, 0.3) is 0 Å². The van der Waals surface area contributed by atoms with Gasteiger partial charge in [0.25, 0.3) is 5.91 Å². The van der Waals surface area contributed by atoms with E-state index in [-0.39, 0.29) is 17.2 Å². The molecule has 2 amide bonds. The van der Waals surface area contributed by atoms with E-state index in [9.17, 15) is 9.59 Å². The van der Waals surface area contributed by atoms with Gasteiger partial charge in [-0.1, -0.05) is 55.3 Å². The number of carbonyl (C=O) groups excluding carboxylic acids is 2. The molecular formula is C30H43ClN2O3. The van der Waals surface area contributed by atoms with Crippen LogP contribution < -0.4 is 4.74 Å².